The van der Waals surface area contributed by atoms with Gasteiger partial charge in [-0.05, 0) is 61.7 Å². The summed E-state index contributed by atoms with van der Waals surface area (Å²) < 4.78 is 2.08. The summed E-state index contributed by atoms with van der Waals surface area (Å²) in [5.41, 5.74) is 1.06. The molecule has 6 nitrogen and oxygen atoms in total. The van der Waals surface area contributed by atoms with E-state index in [4.69, 9.17) is 11.6 Å². The molecule has 154 valence electrons. The highest BCUT2D eigenvalue weighted by Crippen LogP contribution is 2.24. The predicted octanol–water partition coefficient (Wildman–Crippen LogP) is 3.63. The van der Waals surface area contributed by atoms with E-state index in [1.165, 1.54) is 22.0 Å². The first-order valence-electron chi connectivity index (χ1n) is 9.66. The second kappa shape index (κ2) is 8.85. The lowest BCUT2D eigenvalue weighted by Gasteiger charge is -2.22. The number of benzene rings is 1. The molecule has 2 heterocycles. The van der Waals surface area contributed by atoms with Crippen molar-refractivity contribution in [3.05, 3.63) is 85.9 Å². The van der Waals surface area contributed by atoms with E-state index in [0.29, 0.717) is 20.5 Å². The van der Waals surface area contributed by atoms with Crippen LogP contribution >= 0.6 is 22.9 Å². The largest absolute Gasteiger partial charge is 0.347 e. The highest BCUT2D eigenvalue weighted by molar-refractivity contribution is 7.18. The summed E-state index contributed by atoms with van der Waals surface area (Å²) >= 11 is 7.14. The van der Waals surface area contributed by atoms with Crippen LogP contribution in [0.2, 0.25) is 4.34 Å². The molecular formula is C22H20ClN3O3S. The average Bonchev–Trinajstić information content (AvgIpc) is 3.37. The number of pyridine rings is 1. The van der Waals surface area contributed by atoms with E-state index in [0.717, 1.165) is 19.3 Å². The number of nitrogens with zero attached hydrogens (tertiary/aromatic N) is 1. The molecule has 2 atom stereocenters. The minimum Gasteiger partial charge on any atom is -0.347 e. The molecule has 0 bridgehead atoms. The molecule has 3 aromatic rings. The molecule has 1 aliphatic carbocycles. The lowest BCUT2D eigenvalue weighted by Crippen LogP contribution is -2.48. The van der Waals surface area contributed by atoms with E-state index >= 15 is 0 Å². The fourth-order valence-corrected chi connectivity index (χ4v) is 4.59. The van der Waals surface area contributed by atoms with Crippen LogP contribution in [0.4, 0.5) is 0 Å². The molecule has 1 aromatic carbocycles. The Morgan fingerprint density at radius 3 is 2.27 bits per heavy atom. The highest BCUT2D eigenvalue weighted by atomic mass is 35.5. The van der Waals surface area contributed by atoms with Crippen molar-refractivity contribution in [3.63, 3.8) is 0 Å². The van der Waals surface area contributed by atoms with Crippen molar-refractivity contribution >= 4 is 34.8 Å². The SMILES string of the molecule is O=C(N[C@@H]1CCC[C@@H]1NC(=O)c1ccc(Cl)s1)c1ccc(-n2ccccc2=O)cc1. The van der Waals surface area contributed by atoms with Gasteiger partial charge in [0.15, 0.2) is 0 Å². The van der Waals surface area contributed by atoms with Crippen LogP contribution in [0.15, 0.2) is 65.6 Å². The molecule has 0 saturated heterocycles. The molecule has 2 N–H and O–H groups in total. The van der Waals surface area contributed by atoms with Gasteiger partial charge in [-0.15, -0.1) is 11.3 Å². The molecule has 0 unspecified atom stereocenters. The van der Waals surface area contributed by atoms with Crippen LogP contribution in [0, 0.1) is 0 Å². The fraction of sp³-hybridized carbons (Fsp3) is 0.227. The molecule has 30 heavy (non-hydrogen) atoms. The van der Waals surface area contributed by atoms with Gasteiger partial charge in [-0.25, -0.2) is 0 Å². The molecule has 4 rings (SSSR count). The van der Waals surface area contributed by atoms with Gasteiger partial charge in [0.2, 0.25) is 0 Å². The highest BCUT2D eigenvalue weighted by Gasteiger charge is 2.30. The van der Waals surface area contributed by atoms with Crippen LogP contribution < -0.4 is 16.2 Å². The quantitative estimate of drug-likeness (QED) is 0.634. The maximum atomic E-state index is 12.7. The monoisotopic (exact) mass is 441 g/mol. The summed E-state index contributed by atoms with van der Waals surface area (Å²) in [6.07, 6.45) is 4.23. The molecule has 1 aliphatic rings. The van der Waals surface area contributed by atoms with Gasteiger partial charge in [0.05, 0.1) is 9.21 Å². The van der Waals surface area contributed by atoms with Crippen molar-refractivity contribution in [2.75, 3.05) is 0 Å². The first kappa shape index (κ1) is 20.4. The summed E-state index contributed by atoms with van der Waals surface area (Å²) in [5.74, 6) is -0.372. The van der Waals surface area contributed by atoms with Crippen molar-refractivity contribution in [3.8, 4) is 5.69 Å². The van der Waals surface area contributed by atoms with Crippen molar-refractivity contribution in [1.29, 1.82) is 0 Å². The standard InChI is InChI=1S/C22H20ClN3O3S/c23-19-12-11-18(30-19)22(29)25-17-5-3-4-16(17)24-21(28)14-7-9-15(10-8-14)26-13-2-1-6-20(26)27/h1-2,6-13,16-17H,3-5H2,(H,24,28)(H,25,29)/t16-,17+/m1/s1. The van der Waals surface area contributed by atoms with Crippen molar-refractivity contribution < 1.29 is 9.59 Å². The van der Waals surface area contributed by atoms with E-state index in [-0.39, 0.29) is 29.5 Å². The average molecular weight is 442 g/mol. The number of thiophene rings is 1. The van der Waals surface area contributed by atoms with Crippen molar-refractivity contribution in [1.82, 2.24) is 15.2 Å². The van der Waals surface area contributed by atoms with Crippen LogP contribution in [-0.2, 0) is 0 Å². The Kier molecular flexibility index (Phi) is 6.01. The van der Waals surface area contributed by atoms with Crippen LogP contribution in [-0.4, -0.2) is 28.5 Å². The summed E-state index contributed by atoms with van der Waals surface area (Å²) in [6, 6.07) is 15.0. The zero-order chi connectivity index (χ0) is 21.1. The third-order valence-electron chi connectivity index (χ3n) is 5.18. The molecule has 1 saturated carbocycles. The number of aromatic nitrogens is 1. The number of rotatable bonds is 5. The first-order chi connectivity index (χ1) is 14.5. The number of hydrogen-bond donors (Lipinski definition) is 2. The van der Waals surface area contributed by atoms with E-state index in [1.54, 1.807) is 54.7 Å². The molecule has 8 heteroatoms. The third kappa shape index (κ3) is 4.47. The molecule has 2 aromatic heterocycles. The zero-order valence-electron chi connectivity index (χ0n) is 16.0. The number of carbonyl (C=O) groups excluding carboxylic acids is 2. The third-order valence-corrected chi connectivity index (χ3v) is 6.41. The van der Waals surface area contributed by atoms with Gasteiger partial charge in [0.1, 0.15) is 0 Å². The van der Waals surface area contributed by atoms with E-state index in [9.17, 15) is 14.4 Å². The molecule has 1 fully saturated rings. The number of carbonyl (C=O) groups is 2. The van der Waals surface area contributed by atoms with E-state index in [2.05, 4.69) is 10.6 Å². The van der Waals surface area contributed by atoms with Crippen molar-refractivity contribution in [2.24, 2.45) is 0 Å². The minimum atomic E-state index is -0.202. The topological polar surface area (TPSA) is 80.2 Å². The summed E-state index contributed by atoms with van der Waals surface area (Å²) in [7, 11) is 0. The Hall–Kier alpha value is -2.90. The molecular weight excluding hydrogens is 422 g/mol. The molecule has 0 spiro atoms. The smallest absolute Gasteiger partial charge is 0.261 e. The minimum absolute atomic E-state index is 0.121. The Morgan fingerprint density at radius 2 is 1.63 bits per heavy atom. The fourth-order valence-electron chi connectivity index (χ4n) is 3.65. The summed E-state index contributed by atoms with van der Waals surface area (Å²) in [4.78, 5) is 37.6. The lowest BCUT2D eigenvalue weighted by molar-refractivity contribution is 0.0894. The van der Waals surface area contributed by atoms with Gasteiger partial charge in [-0.2, -0.15) is 0 Å². The van der Waals surface area contributed by atoms with Gasteiger partial charge in [0, 0.05) is 35.6 Å². The zero-order valence-corrected chi connectivity index (χ0v) is 17.6. The van der Waals surface area contributed by atoms with E-state index < -0.39 is 0 Å². The number of amides is 2. The lowest BCUT2D eigenvalue weighted by atomic mass is 10.1. The Labute approximate surface area is 182 Å². The van der Waals surface area contributed by atoms with Crippen molar-refractivity contribution in [2.45, 2.75) is 31.3 Å². The van der Waals surface area contributed by atoms with Gasteiger partial charge < -0.3 is 10.6 Å². The second-order valence-electron chi connectivity index (χ2n) is 7.15. The predicted molar refractivity (Wildman–Crippen MR) is 118 cm³/mol. The van der Waals surface area contributed by atoms with Gasteiger partial charge >= 0.3 is 0 Å². The summed E-state index contributed by atoms with van der Waals surface area (Å²) in [5, 5.41) is 6.05. The maximum absolute atomic E-state index is 12.7. The number of halogens is 1. The molecule has 2 amide bonds. The van der Waals surface area contributed by atoms with Gasteiger partial charge in [0.25, 0.3) is 17.4 Å². The van der Waals surface area contributed by atoms with Crippen LogP contribution in [0.5, 0.6) is 0 Å². The Bertz CT molecular complexity index is 1120. The van der Waals surface area contributed by atoms with E-state index in [1.807, 2.05) is 0 Å². The Balaban J connectivity index is 1.41. The first-order valence-corrected chi connectivity index (χ1v) is 10.9. The number of hydrogen-bond acceptors (Lipinski definition) is 4. The Morgan fingerprint density at radius 1 is 0.933 bits per heavy atom. The normalized spacial score (nSPS) is 18.2. The second-order valence-corrected chi connectivity index (χ2v) is 8.87. The summed E-state index contributed by atoms with van der Waals surface area (Å²) in [6.45, 7) is 0. The maximum Gasteiger partial charge on any atom is 0.261 e. The van der Waals surface area contributed by atoms with Gasteiger partial charge in [-0.3, -0.25) is 19.0 Å². The van der Waals surface area contributed by atoms with Crippen LogP contribution in [0.1, 0.15) is 39.3 Å². The van der Waals surface area contributed by atoms with Crippen LogP contribution in [0.3, 0.4) is 0 Å². The van der Waals surface area contributed by atoms with Gasteiger partial charge in [-0.1, -0.05) is 17.7 Å². The van der Waals surface area contributed by atoms with Crippen LogP contribution in [0.25, 0.3) is 5.69 Å². The molecule has 0 aliphatic heterocycles. The number of nitrogens with one attached hydrogen (secondary N) is 2. The molecule has 0 radical (unpaired) electrons.